The van der Waals surface area contributed by atoms with Gasteiger partial charge in [-0.25, -0.2) is 0 Å². The van der Waals surface area contributed by atoms with Gasteiger partial charge >= 0.3 is 7.12 Å². The molecule has 0 spiro atoms. The second-order valence-corrected chi connectivity index (χ2v) is 7.34. The van der Waals surface area contributed by atoms with Gasteiger partial charge < -0.3 is 10.0 Å². The molecule has 0 aromatic heterocycles. The van der Waals surface area contributed by atoms with E-state index in [0.717, 1.165) is 27.8 Å². The SMILES string of the molecule is CC(C)(C)c1cc(-c2ccccc2)c(B(O)O)c(-c2ccccc2)c1. The van der Waals surface area contributed by atoms with Crippen LogP contribution in [0.4, 0.5) is 0 Å². The van der Waals surface area contributed by atoms with Crippen LogP contribution in [0.1, 0.15) is 26.3 Å². The summed E-state index contributed by atoms with van der Waals surface area (Å²) in [6.07, 6.45) is 0. The van der Waals surface area contributed by atoms with Gasteiger partial charge in [0.25, 0.3) is 0 Å². The van der Waals surface area contributed by atoms with Gasteiger partial charge in [0, 0.05) is 0 Å². The summed E-state index contributed by atoms with van der Waals surface area (Å²) in [7, 11) is -1.54. The van der Waals surface area contributed by atoms with E-state index < -0.39 is 7.12 Å². The molecule has 0 aliphatic rings. The molecule has 3 rings (SSSR count). The van der Waals surface area contributed by atoms with E-state index in [-0.39, 0.29) is 5.41 Å². The largest absolute Gasteiger partial charge is 0.489 e. The first-order chi connectivity index (χ1) is 11.9. The van der Waals surface area contributed by atoms with E-state index in [1.54, 1.807) is 0 Å². The monoisotopic (exact) mass is 330 g/mol. The molecule has 25 heavy (non-hydrogen) atoms. The van der Waals surface area contributed by atoms with Crippen molar-refractivity contribution >= 4 is 12.6 Å². The lowest BCUT2D eigenvalue weighted by molar-refractivity contribution is 0.426. The highest BCUT2D eigenvalue weighted by molar-refractivity contribution is 6.62. The van der Waals surface area contributed by atoms with Crippen LogP contribution in [0, 0.1) is 0 Å². The van der Waals surface area contributed by atoms with E-state index in [9.17, 15) is 10.0 Å². The van der Waals surface area contributed by atoms with Crippen molar-refractivity contribution in [2.45, 2.75) is 26.2 Å². The summed E-state index contributed by atoms with van der Waals surface area (Å²) in [5, 5.41) is 20.3. The number of hydrogen-bond donors (Lipinski definition) is 2. The second kappa shape index (κ2) is 6.87. The van der Waals surface area contributed by atoms with E-state index in [0.29, 0.717) is 5.46 Å². The van der Waals surface area contributed by atoms with E-state index in [2.05, 4.69) is 32.9 Å². The number of benzene rings is 3. The fourth-order valence-corrected chi connectivity index (χ4v) is 3.08. The predicted octanol–water partition coefficient (Wildman–Crippen LogP) is 4.00. The molecular weight excluding hydrogens is 307 g/mol. The molecule has 0 heterocycles. The number of hydrogen-bond acceptors (Lipinski definition) is 2. The normalized spacial score (nSPS) is 11.4. The summed E-state index contributed by atoms with van der Waals surface area (Å²) in [6, 6.07) is 24.0. The van der Waals surface area contributed by atoms with Gasteiger partial charge in [0.15, 0.2) is 0 Å². The van der Waals surface area contributed by atoms with Crippen molar-refractivity contribution in [1.29, 1.82) is 0 Å². The van der Waals surface area contributed by atoms with Crippen LogP contribution in [0.5, 0.6) is 0 Å². The third kappa shape index (κ3) is 3.68. The molecular formula is C22H23BO2. The Kier molecular flexibility index (Phi) is 4.80. The summed E-state index contributed by atoms with van der Waals surface area (Å²) >= 11 is 0. The fraction of sp³-hybridized carbons (Fsp3) is 0.182. The summed E-state index contributed by atoms with van der Waals surface area (Å²) in [6.45, 7) is 6.50. The van der Waals surface area contributed by atoms with Gasteiger partial charge in [-0.1, -0.05) is 93.6 Å². The standard InChI is InChI=1S/C22H23BO2/c1-22(2,3)18-14-19(16-10-6-4-7-11-16)21(23(24)25)20(15-18)17-12-8-5-9-13-17/h4-15,24-25H,1-3H3. The minimum Gasteiger partial charge on any atom is -0.423 e. The minimum atomic E-state index is -1.54. The van der Waals surface area contributed by atoms with Crippen molar-refractivity contribution < 1.29 is 10.0 Å². The molecule has 0 aliphatic heterocycles. The molecule has 0 fully saturated rings. The molecule has 0 saturated carbocycles. The quantitative estimate of drug-likeness (QED) is 0.713. The van der Waals surface area contributed by atoms with Crippen LogP contribution in [-0.2, 0) is 5.41 Å². The van der Waals surface area contributed by atoms with Gasteiger partial charge in [-0.05, 0) is 38.7 Å². The zero-order chi connectivity index (χ0) is 18.0. The molecule has 0 amide bonds. The Bertz CT molecular complexity index is 790. The van der Waals surface area contributed by atoms with E-state index in [4.69, 9.17) is 0 Å². The van der Waals surface area contributed by atoms with Gasteiger partial charge in [-0.15, -0.1) is 0 Å². The molecule has 0 radical (unpaired) electrons. The highest BCUT2D eigenvalue weighted by atomic mass is 16.4. The zero-order valence-electron chi connectivity index (χ0n) is 14.9. The highest BCUT2D eigenvalue weighted by Gasteiger charge is 2.26. The van der Waals surface area contributed by atoms with Crippen LogP contribution in [-0.4, -0.2) is 17.2 Å². The van der Waals surface area contributed by atoms with Crippen LogP contribution in [0.2, 0.25) is 0 Å². The third-order valence-corrected chi connectivity index (χ3v) is 4.47. The Morgan fingerprint density at radius 3 is 1.40 bits per heavy atom. The maximum Gasteiger partial charge on any atom is 0.489 e. The molecule has 3 heteroatoms. The molecule has 126 valence electrons. The predicted molar refractivity (Wildman–Crippen MR) is 106 cm³/mol. The van der Waals surface area contributed by atoms with Crippen molar-refractivity contribution in [1.82, 2.24) is 0 Å². The summed E-state index contributed by atoms with van der Waals surface area (Å²) in [4.78, 5) is 0. The van der Waals surface area contributed by atoms with Crippen molar-refractivity contribution in [3.05, 3.63) is 78.4 Å². The maximum atomic E-state index is 10.2. The average molecular weight is 330 g/mol. The van der Waals surface area contributed by atoms with Crippen LogP contribution < -0.4 is 5.46 Å². The maximum absolute atomic E-state index is 10.2. The summed E-state index contributed by atoms with van der Waals surface area (Å²) in [5.74, 6) is 0. The lowest BCUT2D eigenvalue weighted by atomic mass is 9.69. The Morgan fingerprint density at radius 2 is 1.08 bits per heavy atom. The summed E-state index contributed by atoms with van der Waals surface area (Å²) in [5.41, 5.74) is 5.35. The van der Waals surface area contributed by atoms with Crippen LogP contribution in [0.25, 0.3) is 22.3 Å². The molecule has 0 bridgehead atoms. The van der Waals surface area contributed by atoms with E-state index in [1.807, 2.05) is 60.7 Å². The first-order valence-electron chi connectivity index (χ1n) is 8.53. The first-order valence-corrected chi connectivity index (χ1v) is 8.53. The molecule has 0 atom stereocenters. The average Bonchev–Trinajstić information content (AvgIpc) is 2.61. The lowest BCUT2D eigenvalue weighted by Gasteiger charge is -2.24. The topological polar surface area (TPSA) is 40.5 Å². The van der Waals surface area contributed by atoms with Crippen molar-refractivity contribution in [2.24, 2.45) is 0 Å². The van der Waals surface area contributed by atoms with Gasteiger partial charge in [-0.2, -0.15) is 0 Å². The Hall–Kier alpha value is -2.36. The van der Waals surface area contributed by atoms with Crippen LogP contribution in [0.3, 0.4) is 0 Å². The third-order valence-electron chi connectivity index (χ3n) is 4.47. The molecule has 2 N–H and O–H groups in total. The second-order valence-electron chi connectivity index (χ2n) is 7.34. The Morgan fingerprint density at radius 1 is 0.680 bits per heavy atom. The molecule has 0 saturated heterocycles. The zero-order valence-corrected chi connectivity index (χ0v) is 14.9. The van der Waals surface area contributed by atoms with Gasteiger partial charge in [0.05, 0.1) is 0 Å². The molecule has 2 nitrogen and oxygen atoms in total. The van der Waals surface area contributed by atoms with Crippen molar-refractivity contribution in [3.63, 3.8) is 0 Å². The van der Waals surface area contributed by atoms with Crippen LogP contribution >= 0.6 is 0 Å². The van der Waals surface area contributed by atoms with E-state index in [1.165, 1.54) is 0 Å². The van der Waals surface area contributed by atoms with Crippen molar-refractivity contribution in [3.8, 4) is 22.3 Å². The minimum absolute atomic E-state index is 0.0496. The molecule has 0 aliphatic carbocycles. The van der Waals surface area contributed by atoms with Gasteiger partial charge in [0.1, 0.15) is 0 Å². The lowest BCUT2D eigenvalue weighted by Crippen LogP contribution is -2.34. The fourth-order valence-electron chi connectivity index (χ4n) is 3.08. The Balaban J connectivity index is 2.37. The summed E-state index contributed by atoms with van der Waals surface area (Å²) < 4.78 is 0. The number of rotatable bonds is 3. The highest BCUT2D eigenvalue weighted by Crippen LogP contribution is 2.32. The first kappa shape index (κ1) is 17.5. The van der Waals surface area contributed by atoms with Gasteiger partial charge in [-0.3, -0.25) is 0 Å². The smallest absolute Gasteiger partial charge is 0.423 e. The molecule has 3 aromatic carbocycles. The van der Waals surface area contributed by atoms with Gasteiger partial charge in [0.2, 0.25) is 0 Å². The Labute approximate surface area is 149 Å². The van der Waals surface area contributed by atoms with Crippen molar-refractivity contribution in [2.75, 3.05) is 0 Å². The molecule has 3 aromatic rings. The molecule has 0 unspecified atom stereocenters. The van der Waals surface area contributed by atoms with E-state index >= 15 is 0 Å². The van der Waals surface area contributed by atoms with Crippen LogP contribution in [0.15, 0.2) is 72.8 Å².